The van der Waals surface area contributed by atoms with E-state index in [2.05, 4.69) is 4.90 Å². The maximum Gasteiger partial charge on any atom is 0.260 e. The predicted molar refractivity (Wildman–Crippen MR) is 91.9 cm³/mol. The minimum Gasteiger partial charge on any atom is -0.484 e. The van der Waals surface area contributed by atoms with Gasteiger partial charge in [0.15, 0.2) is 16.4 Å². The van der Waals surface area contributed by atoms with Crippen molar-refractivity contribution < 1.29 is 17.9 Å². The average Bonchev–Trinajstić information content (AvgIpc) is 2.94. The second-order valence-electron chi connectivity index (χ2n) is 6.53. The molecule has 7 heteroatoms. The first kappa shape index (κ1) is 17.2. The molecule has 2 fully saturated rings. The number of hydrogen-bond donors (Lipinski definition) is 0. The molecular formula is C17H24N2O4S. The number of ether oxygens (including phenoxy) is 1. The maximum absolute atomic E-state index is 12.3. The van der Waals surface area contributed by atoms with Crippen molar-refractivity contribution in [2.24, 2.45) is 0 Å². The quantitative estimate of drug-likeness (QED) is 0.798. The number of amides is 1. The van der Waals surface area contributed by atoms with Crippen molar-refractivity contribution in [2.75, 3.05) is 44.3 Å². The summed E-state index contributed by atoms with van der Waals surface area (Å²) in [6, 6.07) is 7.76. The van der Waals surface area contributed by atoms with Gasteiger partial charge in [-0.3, -0.25) is 9.69 Å². The van der Waals surface area contributed by atoms with Crippen LogP contribution in [-0.2, 0) is 14.6 Å². The molecule has 0 spiro atoms. The molecule has 0 aliphatic carbocycles. The number of para-hydroxylation sites is 1. The minimum absolute atomic E-state index is 0.0167. The van der Waals surface area contributed by atoms with Crippen LogP contribution in [0.3, 0.4) is 0 Å². The zero-order valence-electron chi connectivity index (χ0n) is 14.0. The van der Waals surface area contributed by atoms with E-state index in [1.54, 1.807) is 4.90 Å². The molecule has 2 heterocycles. The van der Waals surface area contributed by atoms with E-state index in [-0.39, 0.29) is 24.3 Å². The summed E-state index contributed by atoms with van der Waals surface area (Å²) in [5, 5.41) is 0. The monoisotopic (exact) mass is 352 g/mol. The summed E-state index contributed by atoms with van der Waals surface area (Å²) in [6.07, 6.45) is 0.715. The number of rotatable bonds is 4. The number of sulfone groups is 1. The number of carbonyl (C=O) groups is 1. The van der Waals surface area contributed by atoms with Crippen LogP contribution in [0.1, 0.15) is 12.0 Å². The first-order valence-corrected chi connectivity index (χ1v) is 10.2. The Bertz CT molecular complexity index is 696. The molecule has 0 unspecified atom stereocenters. The lowest BCUT2D eigenvalue weighted by Gasteiger charge is -2.37. The maximum atomic E-state index is 12.3. The van der Waals surface area contributed by atoms with Crippen LogP contribution in [0.4, 0.5) is 0 Å². The number of aryl methyl sites for hydroxylation is 1. The first-order valence-electron chi connectivity index (χ1n) is 8.35. The first-order chi connectivity index (χ1) is 11.4. The molecular weight excluding hydrogens is 328 g/mol. The number of benzene rings is 1. The second kappa shape index (κ2) is 7.11. The molecule has 2 saturated heterocycles. The highest BCUT2D eigenvalue weighted by atomic mass is 32.2. The molecule has 1 aromatic carbocycles. The van der Waals surface area contributed by atoms with Gasteiger partial charge in [-0.05, 0) is 25.0 Å². The summed E-state index contributed by atoms with van der Waals surface area (Å²) in [5.74, 6) is 1.27. The minimum atomic E-state index is -2.86. The van der Waals surface area contributed by atoms with Gasteiger partial charge in [0, 0.05) is 32.2 Å². The predicted octanol–water partition coefficient (Wildman–Crippen LogP) is 0.705. The van der Waals surface area contributed by atoms with E-state index in [0.717, 1.165) is 24.4 Å². The molecule has 6 nitrogen and oxygen atoms in total. The van der Waals surface area contributed by atoms with Gasteiger partial charge in [-0.1, -0.05) is 18.2 Å². The third kappa shape index (κ3) is 4.08. The van der Waals surface area contributed by atoms with E-state index in [9.17, 15) is 13.2 Å². The molecule has 24 heavy (non-hydrogen) atoms. The topological polar surface area (TPSA) is 66.9 Å². The molecule has 0 N–H and O–H groups in total. The lowest BCUT2D eigenvalue weighted by atomic mass is 10.2. The fourth-order valence-corrected chi connectivity index (χ4v) is 5.11. The summed E-state index contributed by atoms with van der Waals surface area (Å²) < 4.78 is 28.8. The van der Waals surface area contributed by atoms with Crippen molar-refractivity contribution >= 4 is 15.7 Å². The molecule has 2 aliphatic rings. The van der Waals surface area contributed by atoms with Crippen LogP contribution in [0.2, 0.25) is 0 Å². The molecule has 3 rings (SSSR count). The van der Waals surface area contributed by atoms with E-state index in [4.69, 9.17) is 4.74 Å². The van der Waals surface area contributed by atoms with Crippen LogP contribution in [0.15, 0.2) is 24.3 Å². The summed E-state index contributed by atoms with van der Waals surface area (Å²) in [7, 11) is -2.86. The van der Waals surface area contributed by atoms with Crippen LogP contribution in [-0.4, -0.2) is 74.5 Å². The van der Waals surface area contributed by atoms with Gasteiger partial charge in [0.2, 0.25) is 0 Å². The van der Waals surface area contributed by atoms with Crippen molar-refractivity contribution in [3.05, 3.63) is 29.8 Å². The Labute approximate surface area is 143 Å². The van der Waals surface area contributed by atoms with Gasteiger partial charge in [0.25, 0.3) is 5.91 Å². The van der Waals surface area contributed by atoms with Crippen molar-refractivity contribution in [3.8, 4) is 5.75 Å². The Hall–Kier alpha value is -1.60. The van der Waals surface area contributed by atoms with E-state index >= 15 is 0 Å². The highest BCUT2D eigenvalue weighted by Gasteiger charge is 2.34. The fraction of sp³-hybridized carbons (Fsp3) is 0.588. The highest BCUT2D eigenvalue weighted by molar-refractivity contribution is 7.91. The number of carbonyl (C=O) groups excluding carboxylic acids is 1. The van der Waals surface area contributed by atoms with Crippen molar-refractivity contribution in [1.29, 1.82) is 0 Å². The summed E-state index contributed by atoms with van der Waals surface area (Å²) >= 11 is 0. The molecule has 2 aliphatic heterocycles. The van der Waals surface area contributed by atoms with Crippen LogP contribution >= 0.6 is 0 Å². The molecule has 132 valence electrons. The van der Waals surface area contributed by atoms with E-state index < -0.39 is 9.84 Å². The van der Waals surface area contributed by atoms with Gasteiger partial charge >= 0.3 is 0 Å². The number of hydrogen-bond acceptors (Lipinski definition) is 5. The Balaban J connectivity index is 1.46. The third-order valence-electron chi connectivity index (χ3n) is 4.84. The molecule has 1 atom stereocenters. The summed E-state index contributed by atoms with van der Waals surface area (Å²) in [6.45, 7) is 4.72. The summed E-state index contributed by atoms with van der Waals surface area (Å²) in [4.78, 5) is 16.3. The number of nitrogens with zero attached hydrogens (tertiary/aromatic N) is 2. The molecule has 1 amide bonds. The third-order valence-corrected chi connectivity index (χ3v) is 6.59. The Morgan fingerprint density at radius 2 is 1.92 bits per heavy atom. The standard InChI is InChI=1S/C17H24N2O4S/c1-14-4-2-3-5-16(14)23-12-17(20)19-9-7-18(8-10-19)15-6-11-24(21,22)13-15/h2-5,15H,6-13H2,1H3/t15-/m0/s1. The zero-order valence-corrected chi connectivity index (χ0v) is 14.8. The van der Waals surface area contributed by atoms with E-state index in [1.165, 1.54) is 0 Å². The lowest BCUT2D eigenvalue weighted by molar-refractivity contribution is -0.135. The average molecular weight is 352 g/mol. The van der Waals surface area contributed by atoms with E-state index in [1.807, 2.05) is 31.2 Å². The van der Waals surface area contributed by atoms with Gasteiger partial charge < -0.3 is 9.64 Å². The number of piperazine rings is 1. The molecule has 0 bridgehead atoms. The van der Waals surface area contributed by atoms with Crippen molar-refractivity contribution in [1.82, 2.24) is 9.80 Å². The largest absolute Gasteiger partial charge is 0.484 e. The summed E-state index contributed by atoms with van der Waals surface area (Å²) in [5.41, 5.74) is 1.01. The smallest absolute Gasteiger partial charge is 0.260 e. The van der Waals surface area contributed by atoms with Crippen LogP contribution in [0.5, 0.6) is 5.75 Å². The van der Waals surface area contributed by atoms with Gasteiger partial charge in [-0.15, -0.1) is 0 Å². The van der Waals surface area contributed by atoms with Crippen LogP contribution in [0, 0.1) is 6.92 Å². The van der Waals surface area contributed by atoms with Crippen LogP contribution in [0.25, 0.3) is 0 Å². The van der Waals surface area contributed by atoms with Crippen molar-refractivity contribution in [2.45, 2.75) is 19.4 Å². The Kier molecular flexibility index (Phi) is 5.10. The van der Waals surface area contributed by atoms with Gasteiger partial charge in [0.1, 0.15) is 5.75 Å². The highest BCUT2D eigenvalue weighted by Crippen LogP contribution is 2.20. The van der Waals surface area contributed by atoms with E-state index in [0.29, 0.717) is 25.3 Å². The zero-order chi connectivity index (χ0) is 17.2. The molecule has 0 saturated carbocycles. The normalized spacial score (nSPS) is 24.0. The van der Waals surface area contributed by atoms with Crippen molar-refractivity contribution in [3.63, 3.8) is 0 Å². The lowest BCUT2D eigenvalue weighted by Crippen LogP contribution is -2.53. The van der Waals surface area contributed by atoms with Gasteiger partial charge in [-0.2, -0.15) is 0 Å². The van der Waals surface area contributed by atoms with Gasteiger partial charge in [0.05, 0.1) is 11.5 Å². The molecule has 0 radical (unpaired) electrons. The second-order valence-corrected chi connectivity index (χ2v) is 8.76. The van der Waals surface area contributed by atoms with Crippen LogP contribution < -0.4 is 4.74 Å². The Morgan fingerprint density at radius 1 is 1.21 bits per heavy atom. The molecule has 1 aromatic rings. The Morgan fingerprint density at radius 3 is 2.54 bits per heavy atom. The molecule has 0 aromatic heterocycles. The van der Waals surface area contributed by atoms with Gasteiger partial charge in [-0.25, -0.2) is 8.42 Å². The fourth-order valence-electron chi connectivity index (χ4n) is 3.35. The SMILES string of the molecule is Cc1ccccc1OCC(=O)N1CCN([C@H]2CCS(=O)(=O)C2)CC1.